The molecule has 1 aliphatic heterocycles. The van der Waals surface area contributed by atoms with E-state index >= 15 is 0 Å². The number of carbonyl (C=O) groups is 2. The maximum atomic E-state index is 13.4. The number of hydrogen-bond donors (Lipinski definition) is 1. The SMILES string of the molecule is CC(=O)OCC(=O)Nc1nc2n(n1)[C@H](c1ccc(C#N)cc1)C(C#N)=C(C)N2c1cccc(CF)c1. The Morgan fingerprint density at radius 2 is 1.92 bits per heavy atom. The van der Waals surface area contributed by atoms with Crippen LogP contribution in [0.1, 0.15) is 36.6 Å². The van der Waals surface area contributed by atoms with Crippen LogP contribution in [0.3, 0.4) is 0 Å². The van der Waals surface area contributed by atoms with Crippen LogP contribution in [-0.4, -0.2) is 33.2 Å². The lowest BCUT2D eigenvalue weighted by Crippen LogP contribution is -2.30. The molecule has 1 atom stereocenters. The van der Waals surface area contributed by atoms with Crippen LogP contribution in [0.25, 0.3) is 0 Å². The lowest BCUT2D eigenvalue weighted by molar-refractivity contribution is -0.144. The number of alkyl halides is 1. The molecule has 36 heavy (non-hydrogen) atoms. The highest BCUT2D eigenvalue weighted by molar-refractivity contribution is 5.91. The van der Waals surface area contributed by atoms with Gasteiger partial charge in [-0.15, -0.1) is 5.10 Å². The van der Waals surface area contributed by atoms with Crippen LogP contribution in [0, 0.1) is 22.7 Å². The van der Waals surface area contributed by atoms with Gasteiger partial charge in [-0.05, 0) is 42.3 Å². The summed E-state index contributed by atoms with van der Waals surface area (Å²) in [6, 6.07) is 17.0. The van der Waals surface area contributed by atoms with Crippen LogP contribution in [-0.2, 0) is 21.0 Å². The Morgan fingerprint density at radius 3 is 2.56 bits per heavy atom. The Bertz CT molecular complexity index is 1450. The first-order valence-corrected chi connectivity index (χ1v) is 10.8. The zero-order valence-corrected chi connectivity index (χ0v) is 19.4. The van der Waals surface area contributed by atoms with Crippen molar-refractivity contribution in [1.29, 1.82) is 10.5 Å². The molecular formula is C25H20FN7O3. The normalized spacial score (nSPS) is 14.5. The van der Waals surface area contributed by atoms with Gasteiger partial charge in [0.1, 0.15) is 12.7 Å². The predicted molar refractivity (Wildman–Crippen MR) is 126 cm³/mol. The molecule has 2 heterocycles. The quantitative estimate of drug-likeness (QED) is 0.522. The summed E-state index contributed by atoms with van der Waals surface area (Å²) >= 11 is 0. The van der Waals surface area contributed by atoms with Gasteiger partial charge in [0.15, 0.2) is 6.61 Å². The van der Waals surface area contributed by atoms with E-state index in [2.05, 4.69) is 27.5 Å². The summed E-state index contributed by atoms with van der Waals surface area (Å²) in [5, 5.41) is 26.2. The van der Waals surface area contributed by atoms with E-state index in [1.54, 1.807) is 60.4 Å². The summed E-state index contributed by atoms with van der Waals surface area (Å²) in [6.45, 7) is 1.74. The predicted octanol–water partition coefficient (Wildman–Crippen LogP) is 3.66. The van der Waals surface area contributed by atoms with Gasteiger partial charge in [0.25, 0.3) is 11.9 Å². The first-order chi connectivity index (χ1) is 17.4. The monoisotopic (exact) mass is 485 g/mol. The third-order valence-electron chi connectivity index (χ3n) is 5.51. The minimum absolute atomic E-state index is 0.0700. The van der Waals surface area contributed by atoms with Gasteiger partial charge in [-0.3, -0.25) is 19.8 Å². The van der Waals surface area contributed by atoms with Crippen molar-refractivity contribution in [2.75, 3.05) is 16.8 Å². The summed E-state index contributed by atoms with van der Waals surface area (Å²) in [5.41, 5.74) is 3.01. The van der Waals surface area contributed by atoms with Gasteiger partial charge in [-0.25, -0.2) is 9.07 Å². The van der Waals surface area contributed by atoms with E-state index in [4.69, 9.17) is 10.00 Å². The van der Waals surface area contributed by atoms with E-state index in [0.717, 1.165) is 0 Å². The molecule has 0 unspecified atom stereocenters. The average molecular weight is 485 g/mol. The fourth-order valence-corrected chi connectivity index (χ4v) is 3.89. The second kappa shape index (κ2) is 10.1. The van der Waals surface area contributed by atoms with Crippen molar-refractivity contribution in [3.63, 3.8) is 0 Å². The molecule has 10 nitrogen and oxygen atoms in total. The van der Waals surface area contributed by atoms with E-state index in [1.807, 2.05) is 0 Å². The number of anilines is 3. The molecule has 0 fully saturated rings. The van der Waals surface area contributed by atoms with Crippen molar-refractivity contribution in [3.8, 4) is 12.1 Å². The molecule has 4 rings (SSSR count). The molecule has 2 aromatic carbocycles. The molecule has 0 saturated heterocycles. The van der Waals surface area contributed by atoms with Crippen molar-refractivity contribution in [1.82, 2.24) is 14.8 Å². The number of carbonyl (C=O) groups excluding carboxylic acids is 2. The summed E-state index contributed by atoms with van der Waals surface area (Å²) < 4.78 is 19.6. The number of amides is 1. The molecule has 180 valence electrons. The molecule has 1 aromatic heterocycles. The highest BCUT2D eigenvalue weighted by Gasteiger charge is 2.36. The number of rotatable bonds is 6. The lowest BCUT2D eigenvalue weighted by Gasteiger charge is -2.34. The average Bonchev–Trinajstić information content (AvgIpc) is 3.29. The van der Waals surface area contributed by atoms with Crippen molar-refractivity contribution >= 4 is 29.5 Å². The number of aromatic nitrogens is 3. The Kier molecular flexibility index (Phi) is 6.75. The van der Waals surface area contributed by atoms with Gasteiger partial charge in [0.2, 0.25) is 5.95 Å². The maximum Gasteiger partial charge on any atom is 0.303 e. The summed E-state index contributed by atoms with van der Waals surface area (Å²) in [7, 11) is 0. The molecule has 0 spiro atoms. The fourth-order valence-electron chi connectivity index (χ4n) is 3.89. The Balaban J connectivity index is 1.85. The summed E-state index contributed by atoms with van der Waals surface area (Å²) in [4.78, 5) is 29.4. The van der Waals surface area contributed by atoms with E-state index in [1.165, 1.54) is 11.6 Å². The number of esters is 1. The molecule has 0 radical (unpaired) electrons. The van der Waals surface area contributed by atoms with Crippen LogP contribution >= 0.6 is 0 Å². The zero-order valence-electron chi connectivity index (χ0n) is 19.4. The van der Waals surface area contributed by atoms with Crippen molar-refractivity contribution in [3.05, 3.63) is 76.5 Å². The summed E-state index contributed by atoms with van der Waals surface area (Å²) in [5.74, 6) is -1.04. The highest BCUT2D eigenvalue weighted by Crippen LogP contribution is 2.42. The van der Waals surface area contributed by atoms with E-state index in [0.29, 0.717) is 33.6 Å². The standard InChI is InChI=1S/C25H20FN7O3/c1-15-21(13-28)23(19-8-6-17(12-27)7-9-19)33-25(32(15)20-5-3-4-18(10-20)11-26)30-24(31-33)29-22(35)14-36-16(2)34/h3-10,23H,11,14H2,1-2H3,(H,29,31,35)/t23-/m1/s1. The first-order valence-electron chi connectivity index (χ1n) is 10.8. The van der Waals surface area contributed by atoms with Crippen molar-refractivity contribution < 1.29 is 18.7 Å². The lowest BCUT2D eigenvalue weighted by atomic mass is 9.95. The molecule has 3 aromatic rings. The second-order valence-electron chi connectivity index (χ2n) is 7.89. The number of halogens is 1. The molecule has 0 aliphatic carbocycles. The van der Waals surface area contributed by atoms with Gasteiger partial charge in [-0.2, -0.15) is 15.5 Å². The van der Waals surface area contributed by atoms with Crippen LogP contribution in [0.5, 0.6) is 0 Å². The number of fused-ring (bicyclic) bond motifs is 1. The Morgan fingerprint density at radius 1 is 1.17 bits per heavy atom. The van der Waals surface area contributed by atoms with Crippen LogP contribution in [0.15, 0.2) is 59.8 Å². The Labute approximate surface area is 205 Å². The molecule has 1 aliphatic rings. The van der Waals surface area contributed by atoms with Crippen LogP contribution in [0.4, 0.5) is 22.0 Å². The number of benzene rings is 2. The molecule has 1 amide bonds. The van der Waals surface area contributed by atoms with Crippen LogP contribution < -0.4 is 10.2 Å². The van der Waals surface area contributed by atoms with Gasteiger partial charge >= 0.3 is 5.97 Å². The number of ether oxygens (including phenoxy) is 1. The van der Waals surface area contributed by atoms with Gasteiger partial charge in [-0.1, -0.05) is 24.3 Å². The maximum absolute atomic E-state index is 13.4. The van der Waals surface area contributed by atoms with E-state index in [-0.39, 0.29) is 11.9 Å². The molecule has 11 heteroatoms. The molecule has 1 N–H and O–H groups in total. The third-order valence-corrected chi connectivity index (χ3v) is 5.51. The van der Waals surface area contributed by atoms with Crippen LogP contribution in [0.2, 0.25) is 0 Å². The van der Waals surface area contributed by atoms with E-state index in [9.17, 15) is 19.2 Å². The molecule has 0 bridgehead atoms. The highest BCUT2D eigenvalue weighted by atomic mass is 19.1. The third kappa shape index (κ3) is 4.63. The van der Waals surface area contributed by atoms with E-state index < -0.39 is 31.2 Å². The smallest absolute Gasteiger partial charge is 0.303 e. The fraction of sp³-hybridized carbons (Fsp3) is 0.200. The number of allylic oxidation sites excluding steroid dienone is 2. The van der Waals surface area contributed by atoms with Crippen molar-refractivity contribution in [2.24, 2.45) is 0 Å². The summed E-state index contributed by atoms with van der Waals surface area (Å²) in [6.07, 6.45) is 0. The topological polar surface area (TPSA) is 137 Å². The molecular weight excluding hydrogens is 465 g/mol. The number of nitrogens with one attached hydrogen (secondary N) is 1. The molecule has 0 saturated carbocycles. The minimum Gasteiger partial charge on any atom is -0.456 e. The zero-order chi connectivity index (χ0) is 25.8. The minimum atomic E-state index is -0.704. The number of nitrogens with zero attached hydrogens (tertiary/aromatic N) is 6. The number of hydrogen-bond acceptors (Lipinski definition) is 8. The second-order valence-corrected chi connectivity index (χ2v) is 7.89. The first kappa shape index (κ1) is 24.1. The number of nitriles is 2. The van der Waals surface area contributed by atoms with Crippen molar-refractivity contribution in [2.45, 2.75) is 26.6 Å². The largest absolute Gasteiger partial charge is 0.456 e. The Hall–Kier alpha value is -5.03. The van der Waals surface area contributed by atoms with Gasteiger partial charge in [0, 0.05) is 18.3 Å². The van der Waals surface area contributed by atoms with Gasteiger partial charge in [0.05, 0.1) is 23.3 Å². The van der Waals surface area contributed by atoms with Gasteiger partial charge < -0.3 is 4.74 Å².